The van der Waals surface area contributed by atoms with Gasteiger partial charge >= 0.3 is 0 Å². The Balaban J connectivity index is 2.97. The average molecular weight is 208 g/mol. The van der Waals surface area contributed by atoms with Crippen molar-refractivity contribution in [3.63, 3.8) is 0 Å². The molecule has 3 heteroatoms. The van der Waals surface area contributed by atoms with E-state index in [0.717, 1.165) is 17.8 Å². The third-order valence-electron chi connectivity index (χ3n) is 2.83. The monoisotopic (exact) mass is 208 g/mol. The number of phenols is 1. The maximum atomic E-state index is 9.87. The standard InChI is InChI=1S/C12H20N2O/c1-5-14(4)10-6-7-11(9(2)13-3)12(15)8-10/h6-9,13,15H,5H2,1-4H3. The van der Waals surface area contributed by atoms with E-state index in [9.17, 15) is 5.11 Å². The number of rotatable bonds is 4. The van der Waals surface area contributed by atoms with Crippen molar-refractivity contribution < 1.29 is 5.11 Å². The number of phenolic OH excluding ortho intramolecular Hbond substituents is 1. The van der Waals surface area contributed by atoms with Gasteiger partial charge in [-0.2, -0.15) is 0 Å². The van der Waals surface area contributed by atoms with E-state index < -0.39 is 0 Å². The summed E-state index contributed by atoms with van der Waals surface area (Å²) >= 11 is 0. The summed E-state index contributed by atoms with van der Waals surface area (Å²) in [6, 6.07) is 5.99. The Morgan fingerprint density at radius 3 is 2.60 bits per heavy atom. The normalized spacial score (nSPS) is 12.5. The van der Waals surface area contributed by atoms with E-state index in [0.29, 0.717) is 5.75 Å². The first-order valence-corrected chi connectivity index (χ1v) is 5.31. The molecule has 0 aliphatic rings. The fourth-order valence-electron chi connectivity index (χ4n) is 1.47. The average Bonchev–Trinajstić information content (AvgIpc) is 2.26. The Hall–Kier alpha value is -1.22. The molecule has 1 atom stereocenters. The molecule has 0 heterocycles. The summed E-state index contributed by atoms with van der Waals surface area (Å²) in [4.78, 5) is 2.09. The van der Waals surface area contributed by atoms with Crippen molar-refractivity contribution in [2.75, 3.05) is 25.5 Å². The molecule has 1 aromatic rings. The summed E-state index contributed by atoms with van der Waals surface area (Å²) in [6.45, 7) is 5.04. The van der Waals surface area contributed by atoms with Crippen LogP contribution in [0.25, 0.3) is 0 Å². The largest absolute Gasteiger partial charge is 0.508 e. The second-order valence-corrected chi connectivity index (χ2v) is 3.77. The van der Waals surface area contributed by atoms with Crippen molar-refractivity contribution in [2.45, 2.75) is 19.9 Å². The van der Waals surface area contributed by atoms with Gasteiger partial charge in [0.05, 0.1) is 0 Å². The number of anilines is 1. The van der Waals surface area contributed by atoms with Gasteiger partial charge < -0.3 is 15.3 Å². The third-order valence-corrected chi connectivity index (χ3v) is 2.83. The van der Waals surface area contributed by atoms with Gasteiger partial charge in [-0.05, 0) is 27.0 Å². The number of aromatic hydroxyl groups is 1. The molecule has 2 N–H and O–H groups in total. The molecule has 0 aliphatic heterocycles. The Morgan fingerprint density at radius 1 is 1.47 bits per heavy atom. The molecular weight excluding hydrogens is 188 g/mol. The van der Waals surface area contributed by atoms with Crippen LogP contribution in [-0.2, 0) is 0 Å². The number of hydrogen-bond acceptors (Lipinski definition) is 3. The molecule has 0 bridgehead atoms. The van der Waals surface area contributed by atoms with Crippen LogP contribution in [0.5, 0.6) is 5.75 Å². The van der Waals surface area contributed by atoms with E-state index in [1.54, 1.807) is 0 Å². The van der Waals surface area contributed by atoms with Crippen molar-refractivity contribution in [3.05, 3.63) is 23.8 Å². The molecule has 0 radical (unpaired) electrons. The van der Waals surface area contributed by atoms with Gasteiger partial charge in [0.25, 0.3) is 0 Å². The van der Waals surface area contributed by atoms with E-state index in [2.05, 4.69) is 17.1 Å². The van der Waals surface area contributed by atoms with Gasteiger partial charge in [-0.25, -0.2) is 0 Å². The van der Waals surface area contributed by atoms with Crippen LogP contribution in [0.1, 0.15) is 25.5 Å². The number of nitrogens with zero attached hydrogens (tertiary/aromatic N) is 1. The van der Waals surface area contributed by atoms with Crippen LogP contribution < -0.4 is 10.2 Å². The summed E-state index contributed by atoms with van der Waals surface area (Å²) < 4.78 is 0. The summed E-state index contributed by atoms with van der Waals surface area (Å²) in [5.74, 6) is 0.356. The number of hydrogen-bond donors (Lipinski definition) is 2. The van der Waals surface area contributed by atoms with Gasteiger partial charge in [0, 0.05) is 37.0 Å². The molecule has 1 aromatic carbocycles. The molecule has 0 saturated heterocycles. The van der Waals surface area contributed by atoms with Gasteiger partial charge in [0.2, 0.25) is 0 Å². The summed E-state index contributed by atoms with van der Waals surface area (Å²) in [7, 11) is 3.89. The van der Waals surface area contributed by atoms with Crippen LogP contribution in [0, 0.1) is 0 Å². The highest BCUT2D eigenvalue weighted by atomic mass is 16.3. The highest BCUT2D eigenvalue weighted by Crippen LogP contribution is 2.28. The lowest BCUT2D eigenvalue weighted by molar-refractivity contribution is 0.458. The predicted octanol–water partition coefficient (Wildman–Crippen LogP) is 2.13. The molecule has 3 nitrogen and oxygen atoms in total. The second kappa shape index (κ2) is 5.03. The molecule has 0 spiro atoms. The van der Waals surface area contributed by atoms with E-state index in [1.165, 1.54) is 0 Å². The molecule has 0 aromatic heterocycles. The van der Waals surface area contributed by atoms with Crippen molar-refractivity contribution in [2.24, 2.45) is 0 Å². The second-order valence-electron chi connectivity index (χ2n) is 3.77. The predicted molar refractivity (Wildman–Crippen MR) is 64.5 cm³/mol. The van der Waals surface area contributed by atoms with Crippen molar-refractivity contribution >= 4 is 5.69 Å². The molecule has 0 fully saturated rings. The zero-order valence-corrected chi connectivity index (χ0v) is 9.91. The smallest absolute Gasteiger partial charge is 0.122 e. The molecular formula is C12H20N2O. The first-order valence-electron chi connectivity index (χ1n) is 5.31. The van der Waals surface area contributed by atoms with Gasteiger partial charge in [-0.3, -0.25) is 0 Å². The molecule has 84 valence electrons. The fourth-order valence-corrected chi connectivity index (χ4v) is 1.47. The SMILES string of the molecule is CCN(C)c1ccc(C(C)NC)c(O)c1. The first kappa shape index (κ1) is 11.9. The van der Waals surface area contributed by atoms with Crippen molar-refractivity contribution in [1.82, 2.24) is 5.32 Å². The molecule has 15 heavy (non-hydrogen) atoms. The minimum atomic E-state index is 0.172. The minimum Gasteiger partial charge on any atom is -0.508 e. The third kappa shape index (κ3) is 2.63. The first-order chi connectivity index (χ1) is 7.10. The molecule has 0 saturated carbocycles. The van der Waals surface area contributed by atoms with Crippen molar-refractivity contribution in [1.29, 1.82) is 0 Å². The fraction of sp³-hybridized carbons (Fsp3) is 0.500. The zero-order chi connectivity index (χ0) is 11.4. The molecule has 1 unspecified atom stereocenters. The Morgan fingerprint density at radius 2 is 2.13 bits per heavy atom. The van der Waals surface area contributed by atoms with Crippen LogP contribution in [0.15, 0.2) is 18.2 Å². The van der Waals surface area contributed by atoms with E-state index in [4.69, 9.17) is 0 Å². The van der Waals surface area contributed by atoms with Gasteiger partial charge in [0.15, 0.2) is 0 Å². The van der Waals surface area contributed by atoms with Gasteiger partial charge in [0.1, 0.15) is 5.75 Å². The maximum absolute atomic E-state index is 9.87. The lowest BCUT2D eigenvalue weighted by atomic mass is 10.1. The Kier molecular flexibility index (Phi) is 3.97. The number of nitrogens with one attached hydrogen (secondary N) is 1. The van der Waals surface area contributed by atoms with E-state index in [1.807, 2.05) is 39.2 Å². The maximum Gasteiger partial charge on any atom is 0.122 e. The van der Waals surface area contributed by atoms with Gasteiger partial charge in [-0.15, -0.1) is 0 Å². The van der Waals surface area contributed by atoms with E-state index in [-0.39, 0.29) is 6.04 Å². The minimum absolute atomic E-state index is 0.172. The summed E-state index contributed by atoms with van der Waals surface area (Å²) in [5.41, 5.74) is 1.98. The van der Waals surface area contributed by atoms with E-state index >= 15 is 0 Å². The van der Waals surface area contributed by atoms with Crippen molar-refractivity contribution in [3.8, 4) is 5.75 Å². The lowest BCUT2D eigenvalue weighted by Crippen LogP contribution is -2.16. The highest BCUT2D eigenvalue weighted by molar-refractivity contribution is 5.53. The molecule has 0 aliphatic carbocycles. The number of benzene rings is 1. The zero-order valence-electron chi connectivity index (χ0n) is 9.91. The summed E-state index contributed by atoms with van der Waals surface area (Å²) in [6.07, 6.45) is 0. The van der Waals surface area contributed by atoms with Crippen LogP contribution in [-0.4, -0.2) is 25.7 Å². The van der Waals surface area contributed by atoms with Gasteiger partial charge in [-0.1, -0.05) is 6.07 Å². The van der Waals surface area contributed by atoms with Crippen LogP contribution in [0.2, 0.25) is 0 Å². The quantitative estimate of drug-likeness (QED) is 0.795. The molecule has 1 rings (SSSR count). The van der Waals surface area contributed by atoms with Crippen LogP contribution in [0.3, 0.4) is 0 Å². The van der Waals surface area contributed by atoms with Crippen LogP contribution >= 0.6 is 0 Å². The Bertz CT molecular complexity index is 325. The van der Waals surface area contributed by atoms with Crippen LogP contribution in [0.4, 0.5) is 5.69 Å². The highest BCUT2D eigenvalue weighted by Gasteiger charge is 2.09. The lowest BCUT2D eigenvalue weighted by Gasteiger charge is -2.19. The Labute approximate surface area is 91.7 Å². The topological polar surface area (TPSA) is 35.5 Å². The summed E-state index contributed by atoms with van der Waals surface area (Å²) in [5, 5.41) is 13.0. The molecule has 0 amide bonds.